The minimum absolute atomic E-state index is 0. The first kappa shape index (κ1) is 29.1. The first-order valence-electron chi connectivity index (χ1n) is 12.1. The maximum Gasteiger partial charge on any atom is 0.338 e. The first-order chi connectivity index (χ1) is 16.9. The molecular weight excluding hydrogens is 520 g/mol. The van der Waals surface area contributed by atoms with Crippen LogP contribution < -0.4 is 27.0 Å². The van der Waals surface area contributed by atoms with Crippen LogP contribution in [0.15, 0.2) is 78.9 Å². The molecule has 0 unspecified atom stereocenters. The number of para-hydroxylation sites is 1. The van der Waals surface area contributed by atoms with Gasteiger partial charge in [-0.3, -0.25) is 4.79 Å². The number of likely N-dealkylation sites (N-methyl/N-ethyl adjacent to an activating group) is 1. The number of amides is 1. The standard InChI is InChI=1S/C29H34N2O4.BrH/c1-4-31(3,5-2)20-22-35-29(33)24-15-17-25(18-16-24)30-28(32)26-13-9-10-14-27(26)34-21-19-23-11-7-6-8-12-23;/h6-18H,4-5,19-22H2,1-3H3;1H. The summed E-state index contributed by atoms with van der Waals surface area (Å²) in [6.45, 7) is 7.87. The number of quaternary nitrogens is 1. The summed E-state index contributed by atoms with van der Waals surface area (Å²) in [4.78, 5) is 25.3. The largest absolute Gasteiger partial charge is 1.00 e. The second-order valence-electron chi connectivity index (χ2n) is 8.72. The Balaban J connectivity index is 0.00000456. The lowest BCUT2D eigenvalue weighted by Gasteiger charge is -2.31. The number of benzene rings is 3. The Morgan fingerprint density at radius 3 is 2.14 bits per heavy atom. The highest BCUT2D eigenvalue weighted by atomic mass is 79.9. The molecule has 0 fully saturated rings. The van der Waals surface area contributed by atoms with Gasteiger partial charge in [0.25, 0.3) is 5.91 Å². The van der Waals surface area contributed by atoms with Crippen LogP contribution >= 0.6 is 0 Å². The van der Waals surface area contributed by atoms with Crippen molar-refractivity contribution in [2.24, 2.45) is 0 Å². The molecule has 0 spiro atoms. The number of hydrogen-bond acceptors (Lipinski definition) is 4. The monoisotopic (exact) mass is 554 g/mol. The van der Waals surface area contributed by atoms with E-state index in [4.69, 9.17) is 9.47 Å². The molecule has 0 aliphatic heterocycles. The van der Waals surface area contributed by atoms with Gasteiger partial charge in [-0.15, -0.1) is 0 Å². The van der Waals surface area contributed by atoms with Gasteiger partial charge in [-0.1, -0.05) is 42.5 Å². The SMILES string of the molecule is CC[N+](C)(CC)CCOC(=O)c1ccc(NC(=O)c2ccccc2OCCc2ccccc2)cc1.[Br-]. The minimum Gasteiger partial charge on any atom is -1.00 e. The van der Waals surface area contributed by atoms with Gasteiger partial charge in [0, 0.05) is 12.1 Å². The summed E-state index contributed by atoms with van der Waals surface area (Å²) in [5.74, 6) is -0.101. The summed E-state index contributed by atoms with van der Waals surface area (Å²) in [6, 6.07) is 24.0. The molecule has 0 aliphatic carbocycles. The average Bonchev–Trinajstić information content (AvgIpc) is 2.89. The third-order valence-corrected chi connectivity index (χ3v) is 6.39. The Hall–Kier alpha value is -3.16. The molecule has 36 heavy (non-hydrogen) atoms. The number of rotatable bonds is 12. The molecule has 0 atom stereocenters. The van der Waals surface area contributed by atoms with Gasteiger partial charge in [0.15, 0.2) is 0 Å². The first-order valence-corrected chi connectivity index (χ1v) is 12.1. The van der Waals surface area contributed by atoms with Crippen LogP contribution in [0.1, 0.15) is 40.1 Å². The zero-order chi connectivity index (χ0) is 25.1. The van der Waals surface area contributed by atoms with Crippen molar-refractivity contribution in [3.8, 4) is 5.75 Å². The fourth-order valence-electron chi connectivity index (χ4n) is 3.57. The zero-order valence-electron chi connectivity index (χ0n) is 21.2. The number of nitrogens with one attached hydrogen (secondary N) is 1. The molecule has 192 valence electrons. The van der Waals surface area contributed by atoms with E-state index in [0.29, 0.717) is 35.8 Å². The van der Waals surface area contributed by atoms with Crippen LogP contribution in [-0.4, -0.2) is 56.3 Å². The van der Waals surface area contributed by atoms with E-state index >= 15 is 0 Å². The second-order valence-corrected chi connectivity index (χ2v) is 8.72. The van der Waals surface area contributed by atoms with Gasteiger partial charge >= 0.3 is 5.97 Å². The zero-order valence-corrected chi connectivity index (χ0v) is 22.8. The van der Waals surface area contributed by atoms with Gasteiger partial charge in [0.2, 0.25) is 0 Å². The molecule has 1 N–H and O–H groups in total. The van der Waals surface area contributed by atoms with Gasteiger partial charge in [-0.05, 0) is 55.8 Å². The summed E-state index contributed by atoms with van der Waals surface area (Å²) in [5, 5.41) is 2.88. The van der Waals surface area contributed by atoms with Crippen LogP contribution in [0.2, 0.25) is 0 Å². The molecule has 0 saturated heterocycles. The predicted octanol–water partition coefficient (Wildman–Crippen LogP) is 2.21. The highest BCUT2D eigenvalue weighted by Crippen LogP contribution is 2.20. The minimum atomic E-state index is -0.362. The molecule has 3 rings (SSSR count). The van der Waals surface area contributed by atoms with Crippen molar-refractivity contribution in [1.82, 2.24) is 0 Å². The lowest BCUT2D eigenvalue weighted by Crippen LogP contribution is -3.00. The summed E-state index contributed by atoms with van der Waals surface area (Å²) in [6.07, 6.45) is 0.753. The van der Waals surface area contributed by atoms with E-state index in [1.165, 1.54) is 5.56 Å². The smallest absolute Gasteiger partial charge is 0.338 e. The number of nitrogens with zero attached hydrogens (tertiary/aromatic N) is 1. The van der Waals surface area contributed by atoms with Crippen molar-refractivity contribution in [3.63, 3.8) is 0 Å². The van der Waals surface area contributed by atoms with Gasteiger partial charge in [-0.2, -0.15) is 0 Å². The topological polar surface area (TPSA) is 64.6 Å². The Kier molecular flexibility index (Phi) is 11.6. The summed E-state index contributed by atoms with van der Waals surface area (Å²) >= 11 is 0. The maximum absolute atomic E-state index is 12.9. The van der Waals surface area contributed by atoms with Crippen LogP contribution in [0.4, 0.5) is 5.69 Å². The number of anilines is 1. The van der Waals surface area contributed by atoms with Crippen molar-refractivity contribution in [3.05, 3.63) is 95.6 Å². The third-order valence-electron chi connectivity index (χ3n) is 6.39. The van der Waals surface area contributed by atoms with E-state index in [1.807, 2.05) is 36.4 Å². The number of esters is 1. The van der Waals surface area contributed by atoms with Crippen molar-refractivity contribution in [2.75, 3.05) is 45.2 Å². The Morgan fingerprint density at radius 2 is 1.47 bits per heavy atom. The van der Waals surface area contributed by atoms with E-state index in [0.717, 1.165) is 30.5 Å². The van der Waals surface area contributed by atoms with E-state index < -0.39 is 0 Å². The van der Waals surface area contributed by atoms with Crippen LogP contribution in [0.3, 0.4) is 0 Å². The van der Waals surface area contributed by atoms with Crippen molar-refractivity contribution in [1.29, 1.82) is 0 Å². The lowest BCUT2D eigenvalue weighted by molar-refractivity contribution is -0.906. The molecule has 0 bridgehead atoms. The molecule has 0 saturated carbocycles. The Labute approximate surface area is 224 Å². The lowest BCUT2D eigenvalue weighted by atomic mass is 10.1. The van der Waals surface area contributed by atoms with E-state index in [1.54, 1.807) is 42.5 Å². The molecule has 3 aromatic rings. The Bertz CT molecular complexity index is 1100. The molecule has 3 aromatic carbocycles. The molecule has 6 nitrogen and oxygen atoms in total. The van der Waals surface area contributed by atoms with Crippen LogP contribution in [0.5, 0.6) is 5.75 Å². The highest BCUT2D eigenvalue weighted by Gasteiger charge is 2.18. The van der Waals surface area contributed by atoms with Crippen LogP contribution in [0, 0.1) is 0 Å². The molecule has 0 radical (unpaired) electrons. The molecule has 0 heterocycles. The summed E-state index contributed by atoms with van der Waals surface area (Å²) in [5.41, 5.74) is 2.68. The molecule has 0 aromatic heterocycles. The van der Waals surface area contributed by atoms with Gasteiger partial charge < -0.3 is 36.3 Å². The van der Waals surface area contributed by atoms with Gasteiger partial charge in [0.1, 0.15) is 18.9 Å². The summed E-state index contributed by atoms with van der Waals surface area (Å²) < 4.78 is 12.2. The van der Waals surface area contributed by atoms with Gasteiger partial charge in [-0.25, -0.2) is 4.79 Å². The fourth-order valence-corrected chi connectivity index (χ4v) is 3.57. The molecule has 0 aliphatic rings. The quantitative estimate of drug-likeness (QED) is 0.275. The van der Waals surface area contributed by atoms with Crippen molar-refractivity contribution < 1.29 is 40.5 Å². The predicted molar refractivity (Wildman–Crippen MR) is 139 cm³/mol. The average molecular weight is 556 g/mol. The number of ether oxygens (including phenoxy) is 2. The molecular formula is C29H35BrN2O4. The second kappa shape index (κ2) is 14.4. The third kappa shape index (κ3) is 8.50. The number of hydrogen-bond donors (Lipinski definition) is 1. The number of carbonyl (C=O) groups is 2. The van der Waals surface area contributed by atoms with Crippen molar-refractivity contribution >= 4 is 17.6 Å². The van der Waals surface area contributed by atoms with Crippen LogP contribution in [-0.2, 0) is 11.2 Å². The Morgan fingerprint density at radius 1 is 0.833 bits per heavy atom. The normalized spacial score (nSPS) is 10.8. The van der Waals surface area contributed by atoms with E-state index in [-0.39, 0.29) is 28.9 Å². The van der Waals surface area contributed by atoms with E-state index in [2.05, 4.69) is 26.2 Å². The molecule has 7 heteroatoms. The number of carbonyl (C=O) groups excluding carboxylic acids is 2. The van der Waals surface area contributed by atoms with Crippen LogP contribution in [0.25, 0.3) is 0 Å². The fraction of sp³-hybridized carbons (Fsp3) is 0.310. The maximum atomic E-state index is 12.9. The van der Waals surface area contributed by atoms with Gasteiger partial charge in [0.05, 0.1) is 37.9 Å². The number of halogens is 1. The van der Waals surface area contributed by atoms with E-state index in [9.17, 15) is 9.59 Å². The summed E-state index contributed by atoms with van der Waals surface area (Å²) in [7, 11) is 2.15. The van der Waals surface area contributed by atoms with Crippen molar-refractivity contribution in [2.45, 2.75) is 20.3 Å². The highest BCUT2D eigenvalue weighted by molar-refractivity contribution is 6.06. The molecule has 1 amide bonds.